The van der Waals surface area contributed by atoms with E-state index in [1.807, 2.05) is 11.9 Å². The maximum Gasteiger partial charge on any atom is 0.232 e. The van der Waals surface area contributed by atoms with Gasteiger partial charge in [-0.25, -0.2) is 0 Å². The minimum atomic E-state index is 0.265. The van der Waals surface area contributed by atoms with Crippen LogP contribution >= 0.6 is 11.8 Å². The lowest BCUT2D eigenvalue weighted by Crippen LogP contribution is -2.30. The van der Waals surface area contributed by atoms with Crippen molar-refractivity contribution in [3.05, 3.63) is 35.4 Å². The van der Waals surface area contributed by atoms with Gasteiger partial charge in [-0.15, -0.1) is 11.8 Å². The molecule has 0 aliphatic heterocycles. The molecule has 0 saturated heterocycles. The van der Waals surface area contributed by atoms with Crippen molar-refractivity contribution in [2.24, 2.45) is 5.92 Å². The number of thioether (sulfide) groups is 1. The molecule has 0 unspecified atom stereocenters. The summed E-state index contributed by atoms with van der Waals surface area (Å²) in [6.45, 7) is 5.36. The van der Waals surface area contributed by atoms with Crippen molar-refractivity contribution in [1.29, 1.82) is 0 Å². The van der Waals surface area contributed by atoms with Crippen molar-refractivity contribution < 1.29 is 4.79 Å². The quantitative estimate of drug-likeness (QED) is 0.759. The molecule has 0 bridgehead atoms. The lowest BCUT2D eigenvalue weighted by Gasteiger charge is -2.16. The highest BCUT2D eigenvalue weighted by Crippen LogP contribution is 2.29. The van der Waals surface area contributed by atoms with E-state index in [4.69, 9.17) is 0 Å². The predicted molar refractivity (Wildman–Crippen MR) is 87.1 cm³/mol. The van der Waals surface area contributed by atoms with Gasteiger partial charge in [0, 0.05) is 19.3 Å². The summed E-state index contributed by atoms with van der Waals surface area (Å²) in [5.41, 5.74) is 2.68. The first-order chi connectivity index (χ1) is 9.56. The molecule has 0 atom stereocenters. The molecule has 0 heterocycles. The fourth-order valence-electron chi connectivity index (χ4n) is 2.15. The number of amides is 1. The Bertz CT molecular complexity index is 437. The fraction of sp³-hybridized carbons (Fsp3) is 0.588. The SMILES string of the molecule is CC(C)c1ccc(CSCC(=O)N(C)CC2CC2)cc1. The zero-order chi connectivity index (χ0) is 14.5. The summed E-state index contributed by atoms with van der Waals surface area (Å²) in [6.07, 6.45) is 2.60. The van der Waals surface area contributed by atoms with Crippen molar-refractivity contribution in [2.75, 3.05) is 19.3 Å². The van der Waals surface area contributed by atoms with Crippen LogP contribution in [0, 0.1) is 5.92 Å². The molecule has 2 rings (SSSR count). The van der Waals surface area contributed by atoms with Gasteiger partial charge in [-0.2, -0.15) is 0 Å². The van der Waals surface area contributed by atoms with E-state index in [0.717, 1.165) is 18.2 Å². The van der Waals surface area contributed by atoms with Gasteiger partial charge in [-0.05, 0) is 35.8 Å². The molecular formula is C17H25NOS. The molecule has 110 valence electrons. The number of nitrogens with zero attached hydrogens (tertiary/aromatic N) is 1. The van der Waals surface area contributed by atoms with Gasteiger partial charge < -0.3 is 4.90 Å². The summed E-state index contributed by atoms with van der Waals surface area (Å²) in [5.74, 6) is 3.13. The van der Waals surface area contributed by atoms with E-state index in [9.17, 15) is 4.79 Å². The summed E-state index contributed by atoms with van der Waals surface area (Å²) in [5, 5.41) is 0. The number of hydrogen-bond acceptors (Lipinski definition) is 2. The third-order valence-electron chi connectivity index (χ3n) is 3.80. The molecule has 3 heteroatoms. The number of rotatable bonds is 7. The number of carbonyl (C=O) groups excluding carboxylic acids is 1. The maximum absolute atomic E-state index is 11.9. The van der Waals surface area contributed by atoms with Crippen molar-refractivity contribution in [1.82, 2.24) is 4.90 Å². The Kier molecular flexibility index (Phi) is 5.53. The summed E-state index contributed by atoms with van der Waals surface area (Å²) < 4.78 is 0. The van der Waals surface area contributed by atoms with Crippen LogP contribution in [0.15, 0.2) is 24.3 Å². The fourth-order valence-corrected chi connectivity index (χ4v) is 3.08. The van der Waals surface area contributed by atoms with Gasteiger partial charge in [0.2, 0.25) is 5.91 Å². The summed E-state index contributed by atoms with van der Waals surface area (Å²) >= 11 is 1.71. The van der Waals surface area contributed by atoms with Crippen LogP contribution in [0.4, 0.5) is 0 Å². The van der Waals surface area contributed by atoms with Gasteiger partial charge in [-0.3, -0.25) is 4.79 Å². The highest BCUT2D eigenvalue weighted by atomic mass is 32.2. The van der Waals surface area contributed by atoms with Gasteiger partial charge in [-0.1, -0.05) is 38.1 Å². The van der Waals surface area contributed by atoms with Gasteiger partial charge in [0.25, 0.3) is 0 Å². The molecular weight excluding hydrogens is 266 g/mol. The largest absolute Gasteiger partial charge is 0.345 e. The normalized spacial score (nSPS) is 14.6. The molecule has 0 N–H and O–H groups in total. The Balaban J connectivity index is 1.70. The van der Waals surface area contributed by atoms with E-state index in [-0.39, 0.29) is 5.91 Å². The molecule has 1 amide bonds. The van der Waals surface area contributed by atoms with E-state index >= 15 is 0 Å². The van der Waals surface area contributed by atoms with E-state index in [1.165, 1.54) is 24.0 Å². The van der Waals surface area contributed by atoms with Crippen LogP contribution in [0.2, 0.25) is 0 Å². The Morgan fingerprint density at radius 2 is 1.95 bits per heavy atom. The van der Waals surface area contributed by atoms with Gasteiger partial charge in [0.1, 0.15) is 0 Å². The highest BCUT2D eigenvalue weighted by molar-refractivity contribution is 7.99. The van der Waals surface area contributed by atoms with Crippen LogP contribution in [-0.4, -0.2) is 30.2 Å². The highest BCUT2D eigenvalue weighted by Gasteiger charge is 2.24. The second-order valence-electron chi connectivity index (χ2n) is 6.11. The molecule has 1 aromatic carbocycles. The smallest absolute Gasteiger partial charge is 0.232 e. The second kappa shape index (κ2) is 7.16. The van der Waals surface area contributed by atoms with Crippen molar-refractivity contribution in [2.45, 2.75) is 38.4 Å². The summed E-state index contributed by atoms with van der Waals surface area (Å²) in [7, 11) is 1.93. The Hall–Kier alpha value is -0.960. The molecule has 0 radical (unpaired) electrons. The monoisotopic (exact) mass is 291 g/mol. The Labute approximate surface area is 126 Å². The van der Waals surface area contributed by atoms with E-state index < -0.39 is 0 Å². The topological polar surface area (TPSA) is 20.3 Å². The maximum atomic E-state index is 11.9. The van der Waals surface area contributed by atoms with Crippen LogP contribution in [0.25, 0.3) is 0 Å². The van der Waals surface area contributed by atoms with Crippen LogP contribution in [0.3, 0.4) is 0 Å². The Morgan fingerprint density at radius 1 is 1.30 bits per heavy atom. The zero-order valence-corrected chi connectivity index (χ0v) is 13.6. The average molecular weight is 291 g/mol. The van der Waals surface area contributed by atoms with Gasteiger partial charge >= 0.3 is 0 Å². The standard InChI is InChI=1S/C17H25NOS/c1-13(2)16-8-6-15(7-9-16)11-20-12-17(19)18(3)10-14-4-5-14/h6-9,13-14H,4-5,10-12H2,1-3H3. The lowest BCUT2D eigenvalue weighted by molar-refractivity contribution is -0.127. The summed E-state index contributed by atoms with van der Waals surface area (Å²) in [4.78, 5) is 13.8. The number of carbonyl (C=O) groups is 1. The predicted octanol–water partition coefficient (Wildman–Crippen LogP) is 3.91. The minimum absolute atomic E-state index is 0.265. The molecule has 1 aliphatic rings. The molecule has 1 aromatic rings. The first-order valence-corrected chi connectivity index (χ1v) is 8.62. The lowest BCUT2D eigenvalue weighted by atomic mass is 10.0. The minimum Gasteiger partial charge on any atom is -0.345 e. The molecule has 1 fully saturated rings. The number of hydrogen-bond donors (Lipinski definition) is 0. The molecule has 2 nitrogen and oxygen atoms in total. The third kappa shape index (κ3) is 4.86. The first-order valence-electron chi connectivity index (χ1n) is 7.47. The number of benzene rings is 1. The van der Waals surface area contributed by atoms with Crippen LogP contribution < -0.4 is 0 Å². The molecule has 1 aliphatic carbocycles. The van der Waals surface area contributed by atoms with Crippen LogP contribution in [-0.2, 0) is 10.5 Å². The average Bonchev–Trinajstić information content (AvgIpc) is 3.23. The first kappa shape index (κ1) is 15.4. The molecule has 0 spiro atoms. The van der Waals surface area contributed by atoms with Gasteiger partial charge in [0.15, 0.2) is 0 Å². The van der Waals surface area contributed by atoms with E-state index in [0.29, 0.717) is 11.7 Å². The van der Waals surface area contributed by atoms with Crippen LogP contribution in [0.1, 0.15) is 43.7 Å². The van der Waals surface area contributed by atoms with Crippen molar-refractivity contribution in [3.8, 4) is 0 Å². The van der Waals surface area contributed by atoms with Gasteiger partial charge in [0.05, 0.1) is 5.75 Å². The zero-order valence-electron chi connectivity index (χ0n) is 12.8. The Morgan fingerprint density at radius 3 is 2.50 bits per heavy atom. The second-order valence-corrected chi connectivity index (χ2v) is 7.09. The van der Waals surface area contributed by atoms with Crippen molar-refractivity contribution in [3.63, 3.8) is 0 Å². The third-order valence-corrected chi connectivity index (χ3v) is 4.78. The van der Waals surface area contributed by atoms with Crippen molar-refractivity contribution >= 4 is 17.7 Å². The molecule has 1 saturated carbocycles. The summed E-state index contributed by atoms with van der Waals surface area (Å²) in [6, 6.07) is 8.75. The van der Waals surface area contributed by atoms with E-state index in [1.54, 1.807) is 11.8 Å². The molecule has 0 aromatic heterocycles. The van der Waals surface area contributed by atoms with Crippen LogP contribution in [0.5, 0.6) is 0 Å². The van der Waals surface area contributed by atoms with E-state index in [2.05, 4.69) is 38.1 Å². The molecule has 20 heavy (non-hydrogen) atoms.